The number of imidazole rings is 1. The molecular formula is C12H13BrN6. The van der Waals surface area contributed by atoms with Gasteiger partial charge in [-0.05, 0) is 40.2 Å². The number of rotatable bonds is 4. The van der Waals surface area contributed by atoms with Crippen LogP contribution in [0, 0.1) is 0 Å². The van der Waals surface area contributed by atoms with E-state index in [9.17, 15) is 0 Å². The van der Waals surface area contributed by atoms with Crippen molar-refractivity contribution in [2.45, 2.75) is 13.1 Å². The van der Waals surface area contributed by atoms with Gasteiger partial charge in [-0.15, -0.1) is 5.10 Å². The summed E-state index contributed by atoms with van der Waals surface area (Å²) >= 11 is 3.46. The van der Waals surface area contributed by atoms with Crippen LogP contribution < -0.4 is 11.1 Å². The first kappa shape index (κ1) is 12.2. The monoisotopic (exact) mass is 320 g/mol. The van der Waals surface area contributed by atoms with Gasteiger partial charge in [0.15, 0.2) is 5.65 Å². The van der Waals surface area contributed by atoms with Gasteiger partial charge < -0.3 is 16.0 Å². The minimum atomic E-state index is 0.384. The summed E-state index contributed by atoms with van der Waals surface area (Å²) < 4.78 is 2.53. The average Bonchev–Trinajstić information content (AvgIpc) is 3.05. The largest absolute Gasteiger partial charge is 0.364 e. The number of nitrogens with two attached hydrogens (primary N) is 1. The molecule has 4 N–H and O–H groups in total. The van der Waals surface area contributed by atoms with Gasteiger partial charge in [-0.25, -0.2) is 9.50 Å². The molecule has 0 radical (unpaired) electrons. The lowest BCUT2D eigenvalue weighted by Gasteiger charge is -2.04. The first-order valence-electron chi connectivity index (χ1n) is 5.88. The summed E-state index contributed by atoms with van der Waals surface area (Å²) in [6.07, 6.45) is 1.90. The standard InChI is InChI=1S/C12H13BrN6/c13-12-9(6-14)17-11-4-3-10(18-19(11)12)16-7-8-2-1-5-15-8/h1-5,15H,6-7,14H2,(H,16,18). The molecule has 0 aromatic carbocycles. The number of anilines is 1. The number of aromatic amines is 1. The molecule has 0 spiro atoms. The maximum absolute atomic E-state index is 5.62. The summed E-state index contributed by atoms with van der Waals surface area (Å²) in [7, 11) is 0. The molecule has 6 nitrogen and oxygen atoms in total. The van der Waals surface area contributed by atoms with E-state index >= 15 is 0 Å². The number of hydrogen-bond acceptors (Lipinski definition) is 4. The summed E-state index contributed by atoms with van der Waals surface area (Å²) in [5.74, 6) is 0.781. The highest BCUT2D eigenvalue weighted by molar-refractivity contribution is 9.10. The van der Waals surface area contributed by atoms with Crippen LogP contribution in [0.4, 0.5) is 5.82 Å². The lowest BCUT2D eigenvalue weighted by molar-refractivity contribution is 0.894. The maximum Gasteiger partial charge on any atom is 0.155 e. The number of nitrogens with zero attached hydrogens (tertiary/aromatic N) is 3. The van der Waals surface area contributed by atoms with Crippen molar-refractivity contribution >= 4 is 27.4 Å². The van der Waals surface area contributed by atoms with E-state index in [1.165, 1.54) is 0 Å². The molecule has 0 bridgehead atoms. The van der Waals surface area contributed by atoms with Gasteiger partial charge in [0.05, 0.1) is 12.2 Å². The summed E-state index contributed by atoms with van der Waals surface area (Å²) in [6, 6.07) is 7.80. The first-order valence-corrected chi connectivity index (χ1v) is 6.67. The lowest BCUT2D eigenvalue weighted by Crippen LogP contribution is -2.04. The Morgan fingerprint density at radius 3 is 3.00 bits per heavy atom. The predicted molar refractivity (Wildman–Crippen MR) is 76.7 cm³/mol. The number of aromatic nitrogens is 4. The number of H-pyrrole nitrogens is 1. The van der Waals surface area contributed by atoms with Crippen molar-refractivity contribution in [2.24, 2.45) is 5.73 Å². The van der Waals surface area contributed by atoms with E-state index in [0.29, 0.717) is 13.1 Å². The van der Waals surface area contributed by atoms with Crippen LogP contribution in [0.3, 0.4) is 0 Å². The van der Waals surface area contributed by atoms with Crippen LogP contribution in [0.5, 0.6) is 0 Å². The van der Waals surface area contributed by atoms with Crippen molar-refractivity contribution in [1.29, 1.82) is 0 Å². The molecule has 3 aromatic heterocycles. The maximum atomic E-state index is 5.62. The van der Waals surface area contributed by atoms with Crippen LogP contribution in [-0.2, 0) is 13.1 Å². The van der Waals surface area contributed by atoms with E-state index in [2.05, 4.69) is 36.3 Å². The number of nitrogens with one attached hydrogen (secondary N) is 2. The molecule has 7 heteroatoms. The van der Waals surface area contributed by atoms with Crippen LogP contribution in [0.2, 0.25) is 0 Å². The molecule has 98 valence electrons. The van der Waals surface area contributed by atoms with Gasteiger partial charge in [-0.2, -0.15) is 0 Å². The Morgan fingerprint density at radius 2 is 2.26 bits per heavy atom. The Balaban J connectivity index is 1.86. The summed E-state index contributed by atoms with van der Waals surface area (Å²) in [6.45, 7) is 1.08. The van der Waals surface area contributed by atoms with E-state index in [0.717, 1.165) is 27.5 Å². The molecule has 0 fully saturated rings. The van der Waals surface area contributed by atoms with Crippen LogP contribution in [0.25, 0.3) is 5.65 Å². The third-order valence-corrected chi connectivity index (χ3v) is 3.60. The molecule has 3 aromatic rings. The normalized spacial score (nSPS) is 11.1. The van der Waals surface area contributed by atoms with E-state index in [-0.39, 0.29) is 0 Å². The minimum absolute atomic E-state index is 0.384. The van der Waals surface area contributed by atoms with Gasteiger partial charge in [0.1, 0.15) is 10.4 Å². The van der Waals surface area contributed by atoms with Crippen molar-refractivity contribution in [3.05, 3.63) is 46.5 Å². The van der Waals surface area contributed by atoms with E-state index in [4.69, 9.17) is 5.73 Å². The zero-order chi connectivity index (χ0) is 13.2. The van der Waals surface area contributed by atoms with Gasteiger partial charge in [0, 0.05) is 18.4 Å². The predicted octanol–water partition coefficient (Wildman–Crippen LogP) is 1.89. The first-order chi connectivity index (χ1) is 9.28. The molecule has 0 amide bonds. The molecule has 19 heavy (non-hydrogen) atoms. The molecule has 0 aliphatic rings. The van der Waals surface area contributed by atoms with E-state index in [1.807, 2.05) is 30.5 Å². The Labute approximate surface area is 118 Å². The zero-order valence-electron chi connectivity index (χ0n) is 10.1. The fraction of sp³-hybridized carbons (Fsp3) is 0.167. The van der Waals surface area contributed by atoms with Crippen molar-refractivity contribution in [1.82, 2.24) is 19.6 Å². The second-order valence-corrected chi connectivity index (χ2v) is 4.84. The Hall–Kier alpha value is -1.86. The summed E-state index contributed by atoms with van der Waals surface area (Å²) in [5, 5.41) is 7.72. The quantitative estimate of drug-likeness (QED) is 0.685. The van der Waals surface area contributed by atoms with Crippen molar-refractivity contribution < 1.29 is 0 Å². The number of halogens is 1. The highest BCUT2D eigenvalue weighted by Crippen LogP contribution is 2.18. The van der Waals surface area contributed by atoms with Gasteiger partial charge in [-0.3, -0.25) is 0 Å². The Kier molecular flexibility index (Phi) is 3.22. The lowest BCUT2D eigenvalue weighted by atomic mass is 10.4. The third kappa shape index (κ3) is 2.34. The van der Waals surface area contributed by atoms with Gasteiger partial charge in [0.2, 0.25) is 0 Å². The molecule has 0 aliphatic heterocycles. The Bertz CT molecular complexity index is 688. The zero-order valence-corrected chi connectivity index (χ0v) is 11.7. The molecular weight excluding hydrogens is 308 g/mol. The molecule has 3 rings (SSSR count). The van der Waals surface area contributed by atoms with Crippen LogP contribution in [0.15, 0.2) is 35.1 Å². The smallest absolute Gasteiger partial charge is 0.155 e. The third-order valence-electron chi connectivity index (χ3n) is 2.80. The van der Waals surface area contributed by atoms with Crippen molar-refractivity contribution in [2.75, 3.05) is 5.32 Å². The number of hydrogen-bond donors (Lipinski definition) is 3. The van der Waals surface area contributed by atoms with Crippen LogP contribution >= 0.6 is 15.9 Å². The molecule has 0 saturated heterocycles. The SMILES string of the molecule is NCc1nc2ccc(NCc3ccc[nH]3)nn2c1Br. The highest BCUT2D eigenvalue weighted by atomic mass is 79.9. The van der Waals surface area contributed by atoms with Crippen LogP contribution in [0.1, 0.15) is 11.4 Å². The van der Waals surface area contributed by atoms with Crippen LogP contribution in [-0.4, -0.2) is 19.6 Å². The topological polar surface area (TPSA) is 84.0 Å². The second-order valence-electron chi connectivity index (χ2n) is 4.09. The van der Waals surface area contributed by atoms with Gasteiger partial charge in [0.25, 0.3) is 0 Å². The van der Waals surface area contributed by atoms with E-state index in [1.54, 1.807) is 4.52 Å². The summed E-state index contributed by atoms with van der Waals surface area (Å²) in [4.78, 5) is 7.51. The van der Waals surface area contributed by atoms with E-state index < -0.39 is 0 Å². The molecule has 0 atom stereocenters. The van der Waals surface area contributed by atoms with Gasteiger partial charge >= 0.3 is 0 Å². The minimum Gasteiger partial charge on any atom is -0.364 e. The van der Waals surface area contributed by atoms with Crippen molar-refractivity contribution in [3.8, 4) is 0 Å². The highest BCUT2D eigenvalue weighted by Gasteiger charge is 2.09. The second kappa shape index (κ2) is 5.02. The number of fused-ring (bicyclic) bond motifs is 1. The molecule has 3 heterocycles. The average molecular weight is 321 g/mol. The summed E-state index contributed by atoms with van der Waals surface area (Å²) in [5.41, 5.74) is 8.30. The fourth-order valence-electron chi connectivity index (χ4n) is 1.84. The molecule has 0 aliphatic carbocycles. The molecule has 0 unspecified atom stereocenters. The Morgan fingerprint density at radius 1 is 1.37 bits per heavy atom. The van der Waals surface area contributed by atoms with Gasteiger partial charge in [-0.1, -0.05) is 0 Å². The van der Waals surface area contributed by atoms with Crippen molar-refractivity contribution in [3.63, 3.8) is 0 Å². The molecule has 0 saturated carbocycles. The fourth-order valence-corrected chi connectivity index (χ4v) is 2.35.